The molecular formula is C16H19NO2S. The van der Waals surface area contributed by atoms with E-state index in [-0.39, 0.29) is 5.91 Å². The van der Waals surface area contributed by atoms with E-state index in [0.717, 1.165) is 26.1 Å². The average molecular weight is 289 g/mol. The van der Waals surface area contributed by atoms with Gasteiger partial charge in [-0.3, -0.25) is 4.79 Å². The van der Waals surface area contributed by atoms with E-state index >= 15 is 0 Å². The molecule has 4 heteroatoms. The summed E-state index contributed by atoms with van der Waals surface area (Å²) >= 11 is 1.53. The number of hydrogen-bond donors (Lipinski definition) is 1. The molecule has 0 unspecified atom stereocenters. The third-order valence-electron chi connectivity index (χ3n) is 2.93. The van der Waals surface area contributed by atoms with Gasteiger partial charge in [0, 0.05) is 11.2 Å². The zero-order valence-corrected chi connectivity index (χ0v) is 12.7. The summed E-state index contributed by atoms with van der Waals surface area (Å²) < 4.78 is 6.51. The number of hydrogen-bond acceptors (Lipinski definition) is 3. The second kappa shape index (κ2) is 6.68. The van der Waals surface area contributed by atoms with E-state index in [1.807, 2.05) is 38.1 Å². The fourth-order valence-electron chi connectivity index (χ4n) is 1.95. The molecule has 0 bridgehead atoms. The summed E-state index contributed by atoms with van der Waals surface area (Å²) in [5.74, 6) is -0.0253. The number of fused-ring (bicyclic) bond motifs is 1. The van der Waals surface area contributed by atoms with Crippen LogP contribution in [0.5, 0.6) is 0 Å². The van der Waals surface area contributed by atoms with Crippen LogP contribution in [-0.2, 0) is 4.74 Å². The van der Waals surface area contributed by atoms with Crippen LogP contribution in [0.25, 0.3) is 10.1 Å². The van der Waals surface area contributed by atoms with Gasteiger partial charge in [-0.2, -0.15) is 0 Å². The third-order valence-corrected chi connectivity index (χ3v) is 4.20. The number of nitrogens with one attached hydrogen (secondary N) is 1. The molecule has 3 nitrogen and oxygen atoms in total. The van der Waals surface area contributed by atoms with Crippen molar-refractivity contribution in [2.75, 3.05) is 19.8 Å². The van der Waals surface area contributed by atoms with Crippen LogP contribution >= 0.6 is 11.3 Å². The zero-order chi connectivity index (χ0) is 14.5. The van der Waals surface area contributed by atoms with Crippen LogP contribution in [0.2, 0.25) is 0 Å². The number of amides is 1. The number of thiophene rings is 1. The highest BCUT2D eigenvalue weighted by Gasteiger charge is 2.14. The highest BCUT2D eigenvalue weighted by Crippen LogP contribution is 2.30. The lowest BCUT2D eigenvalue weighted by Gasteiger charge is -2.05. The van der Waals surface area contributed by atoms with E-state index in [9.17, 15) is 4.79 Å². The molecular weight excluding hydrogens is 270 g/mol. The van der Waals surface area contributed by atoms with Crippen LogP contribution in [0.4, 0.5) is 0 Å². The number of rotatable bonds is 6. The first-order valence-electron chi connectivity index (χ1n) is 6.58. The van der Waals surface area contributed by atoms with Crippen molar-refractivity contribution < 1.29 is 9.53 Å². The molecule has 1 aromatic carbocycles. The molecule has 0 saturated carbocycles. The van der Waals surface area contributed by atoms with Gasteiger partial charge >= 0.3 is 0 Å². The van der Waals surface area contributed by atoms with Gasteiger partial charge < -0.3 is 10.1 Å². The van der Waals surface area contributed by atoms with Gasteiger partial charge in [-0.15, -0.1) is 11.3 Å². The molecule has 0 saturated heterocycles. The van der Waals surface area contributed by atoms with Crippen molar-refractivity contribution in [3.8, 4) is 0 Å². The highest BCUT2D eigenvalue weighted by molar-refractivity contribution is 7.21. The van der Waals surface area contributed by atoms with Crippen LogP contribution in [0, 0.1) is 6.92 Å². The van der Waals surface area contributed by atoms with Crippen molar-refractivity contribution in [2.24, 2.45) is 0 Å². The summed E-state index contributed by atoms with van der Waals surface area (Å²) in [5, 5.41) is 4.05. The number of benzene rings is 1. The molecule has 0 atom stereocenters. The lowest BCUT2D eigenvalue weighted by Crippen LogP contribution is -2.27. The maximum Gasteiger partial charge on any atom is 0.261 e. The van der Waals surface area contributed by atoms with Crippen LogP contribution in [0.3, 0.4) is 0 Å². The van der Waals surface area contributed by atoms with Crippen LogP contribution in [0.1, 0.15) is 22.2 Å². The standard InChI is InChI=1S/C16H19NO2S/c1-11(2)10-19-9-8-17-16(18)15-12(3)13-6-4-5-7-14(13)20-15/h4-7H,1,8-10H2,2-3H3,(H,17,18). The molecule has 0 spiro atoms. The Morgan fingerprint density at radius 2 is 2.15 bits per heavy atom. The van der Waals surface area contributed by atoms with Gasteiger partial charge in [-0.1, -0.05) is 30.4 Å². The predicted octanol–water partition coefficient (Wildman–Crippen LogP) is 3.53. The first-order chi connectivity index (χ1) is 9.59. The molecule has 1 heterocycles. The Bertz CT molecular complexity index is 630. The van der Waals surface area contributed by atoms with E-state index in [4.69, 9.17) is 4.74 Å². The number of carbonyl (C=O) groups is 1. The van der Waals surface area contributed by atoms with Crippen LogP contribution in [0.15, 0.2) is 36.4 Å². The maximum atomic E-state index is 12.2. The van der Waals surface area contributed by atoms with Crippen molar-refractivity contribution in [2.45, 2.75) is 13.8 Å². The molecule has 106 valence electrons. The first kappa shape index (κ1) is 14.8. The minimum atomic E-state index is -0.0253. The minimum Gasteiger partial charge on any atom is -0.375 e. The molecule has 0 aliphatic rings. The van der Waals surface area contributed by atoms with Crippen LogP contribution < -0.4 is 5.32 Å². The van der Waals surface area contributed by atoms with Gasteiger partial charge in [0.15, 0.2) is 0 Å². The Labute approximate surface area is 123 Å². The summed E-state index contributed by atoms with van der Waals surface area (Å²) in [4.78, 5) is 12.9. The molecule has 2 aromatic rings. The molecule has 1 amide bonds. The summed E-state index contributed by atoms with van der Waals surface area (Å²) in [6.45, 7) is 9.22. The van der Waals surface area contributed by atoms with Crippen molar-refractivity contribution in [1.82, 2.24) is 5.32 Å². The van der Waals surface area contributed by atoms with Crippen molar-refractivity contribution in [1.29, 1.82) is 0 Å². The lowest BCUT2D eigenvalue weighted by atomic mass is 10.1. The molecule has 2 rings (SSSR count). The van der Waals surface area contributed by atoms with Crippen molar-refractivity contribution in [3.63, 3.8) is 0 Å². The van der Waals surface area contributed by atoms with Gasteiger partial charge in [0.2, 0.25) is 0 Å². The van der Waals surface area contributed by atoms with E-state index in [1.54, 1.807) is 0 Å². The van der Waals surface area contributed by atoms with Crippen molar-refractivity contribution in [3.05, 3.63) is 46.9 Å². The van der Waals surface area contributed by atoms with Gasteiger partial charge in [0.05, 0.1) is 18.1 Å². The van der Waals surface area contributed by atoms with Gasteiger partial charge in [-0.25, -0.2) is 0 Å². The predicted molar refractivity (Wildman–Crippen MR) is 84.5 cm³/mol. The SMILES string of the molecule is C=C(C)COCCNC(=O)c1sc2ccccc2c1C. The quantitative estimate of drug-likeness (QED) is 0.652. The van der Waals surface area contributed by atoms with E-state index < -0.39 is 0 Å². The molecule has 0 aliphatic carbocycles. The first-order valence-corrected chi connectivity index (χ1v) is 7.39. The second-order valence-corrected chi connectivity index (χ2v) is 5.87. The minimum absolute atomic E-state index is 0.0253. The summed E-state index contributed by atoms with van der Waals surface area (Å²) in [7, 11) is 0. The average Bonchev–Trinajstić information content (AvgIpc) is 2.76. The molecule has 0 fully saturated rings. The molecule has 20 heavy (non-hydrogen) atoms. The fraction of sp³-hybridized carbons (Fsp3) is 0.312. The number of aryl methyl sites for hydroxylation is 1. The number of ether oxygens (including phenoxy) is 1. The Morgan fingerprint density at radius 1 is 1.40 bits per heavy atom. The number of carbonyl (C=O) groups excluding carboxylic acids is 1. The molecule has 1 N–H and O–H groups in total. The normalized spacial score (nSPS) is 10.7. The van der Waals surface area contributed by atoms with Gasteiger partial charge in [0.1, 0.15) is 0 Å². The fourth-order valence-corrected chi connectivity index (χ4v) is 3.08. The van der Waals surface area contributed by atoms with Gasteiger partial charge in [-0.05, 0) is 30.9 Å². The Morgan fingerprint density at radius 3 is 2.85 bits per heavy atom. The molecule has 0 aliphatic heterocycles. The topological polar surface area (TPSA) is 38.3 Å². The smallest absolute Gasteiger partial charge is 0.261 e. The Balaban J connectivity index is 1.94. The third kappa shape index (κ3) is 3.46. The molecule has 0 radical (unpaired) electrons. The lowest BCUT2D eigenvalue weighted by molar-refractivity contribution is 0.0930. The highest BCUT2D eigenvalue weighted by atomic mass is 32.1. The second-order valence-electron chi connectivity index (χ2n) is 4.82. The maximum absolute atomic E-state index is 12.2. The van der Waals surface area contributed by atoms with E-state index in [0.29, 0.717) is 19.8 Å². The largest absolute Gasteiger partial charge is 0.375 e. The van der Waals surface area contributed by atoms with Crippen molar-refractivity contribution >= 4 is 27.3 Å². The summed E-state index contributed by atoms with van der Waals surface area (Å²) in [5.41, 5.74) is 2.03. The Kier molecular flexibility index (Phi) is 4.93. The molecule has 1 aromatic heterocycles. The van der Waals surface area contributed by atoms with Gasteiger partial charge in [0.25, 0.3) is 5.91 Å². The zero-order valence-electron chi connectivity index (χ0n) is 11.9. The Hall–Kier alpha value is -1.65. The monoisotopic (exact) mass is 289 g/mol. The van der Waals surface area contributed by atoms with E-state index in [2.05, 4.69) is 11.9 Å². The summed E-state index contributed by atoms with van der Waals surface area (Å²) in [6, 6.07) is 8.08. The van der Waals surface area contributed by atoms with Crippen LogP contribution in [-0.4, -0.2) is 25.7 Å². The summed E-state index contributed by atoms with van der Waals surface area (Å²) in [6.07, 6.45) is 0. The van der Waals surface area contributed by atoms with E-state index in [1.165, 1.54) is 11.3 Å².